The Kier molecular flexibility index (Phi) is 5.92. The number of hydrogen-bond acceptors (Lipinski definition) is 6. The quantitative estimate of drug-likeness (QED) is 0.792. The van der Waals surface area contributed by atoms with E-state index in [1.54, 1.807) is 0 Å². The van der Waals surface area contributed by atoms with Gasteiger partial charge < -0.3 is 20.5 Å². The number of esters is 2. The molecule has 1 aliphatic carbocycles. The van der Waals surface area contributed by atoms with Gasteiger partial charge in [0.1, 0.15) is 0 Å². The van der Waals surface area contributed by atoms with Crippen LogP contribution >= 0.6 is 0 Å². The predicted molar refractivity (Wildman–Crippen MR) is 87.6 cm³/mol. The minimum Gasteiger partial charge on any atom is -0.465 e. The molecule has 0 heterocycles. The SMILES string of the molecule is COC(=O)c1cc(NC(=O)[C@@H]2CCC[C@@H]2CN)cc(C(=O)OC)c1. The molecular weight excluding hydrogens is 312 g/mol. The zero-order valence-corrected chi connectivity index (χ0v) is 13.8. The van der Waals surface area contributed by atoms with Gasteiger partial charge in [-0.1, -0.05) is 6.42 Å². The Hall–Kier alpha value is -2.41. The van der Waals surface area contributed by atoms with E-state index in [4.69, 9.17) is 5.73 Å². The zero-order chi connectivity index (χ0) is 17.7. The Balaban J connectivity index is 2.26. The Morgan fingerprint density at radius 3 is 2.17 bits per heavy atom. The van der Waals surface area contributed by atoms with E-state index in [-0.39, 0.29) is 28.9 Å². The van der Waals surface area contributed by atoms with Crippen molar-refractivity contribution in [1.82, 2.24) is 0 Å². The Labute approximate surface area is 140 Å². The number of ether oxygens (including phenoxy) is 2. The van der Waals surface area contributed by atoms with Crippen LogP contribution in [0.2, 0.25) is 0 Å². The fourth-order valence-corrected chi connectivity index (χ4v) is 3.07. The van der Waals surface area contributed by atoms with E-state index in [0.717, 1.165) is 19.3 Å². The largest absolute Gasteiger partial charge is 0.465 e. The Morgan fingerprint density at radius 1 is 1.08 bits per heavy atom. The van der Waals surface area contributed by atoms with E-state index in [0.29, 0.717) is 12.2 Å². The van der Waals surface area contributed by atoms with Crippen molar-refractivity contribution in [2.24, 2.45) is 17.6 Å². The normalized spacial score (nSPS) is 19.6. The molecule has 24 heavy (non-hydrogen) atoms. The van der Waals surface area contributed by atoms with Crippen LogP contribution in [0.1, 0.15) is 40.0 Å². The first-order valence-electron chi connectivity index (χ1n) is 7.82. The number of hydrogen-bond donors (Lipinski definition) is 2. The molecule has 1 amide bonds. The molecule has 1 aromatic carbocycles. The van der Waals surface area contributed by atoms with Gasteiger partial charge in [-0.05, 0) is 43.5 Å². The molecule has 0 saturated heterocycles. The first-order chi connectivity index (χ1) is 11.5. The molecule has 7 heteroatoms. The minimum atomic E-state index is -0.600. The van der Waals surface area contributed by atoms with Gasteiger partial charge in [0, 0.05) is 11.6 Å². The van der Waals surface area contributed by atoms with Crippen LogP contribution in [0.3, 0.4) is 0 Å². The molecule has 0 radical (unpaired) electrons. The standard InChI is InChI=1S/C17H22N2O5/c1-23-16(21)11-6-12(17(22)24-2)8-13(7-11)19-15(20)14-5-3-4-10(14)9-18/h6-8,10,14H,3-5,9,18H2,1-2H3,(H,19,20)/t10-,14-/m1/s1. The second-order valence-corrected chi connectivity index (χ2v) is 5.80. The summed E-state index contributed by atoms with van der Waals surface area (Å²) in [5, 5.41) is 2.78. The summed E-state index contributed by atoms with van der Waals surface area (Å²) in [4.78, 5) is 36.0. The lowest BCUT2D eigenvalue weighted by atomic mass is 9.95. The van der Waals surface area contributed by atoms with Crippen molar-refractivity contribution in [2.75, 3.05) is 26.1 Å². The summed E-state index contributed by atoms with van der Waals surface area (Å²) in [6, 6.07) is 4.32. The maximum absolute atomic E-state index is 12.5. The summed E-state index contributed by atoms with van der Waals surface area (Å²) in [7, 11) is 2.49. The van der Waals surface area contributed by atoms with Gasteiger partial charge >= 0.3 is 11.9 Å². The number of anilines is 1. The van der Waals surface area contributed by atoms with Gasteiger partial charge in [-0.3, -0.25) is 4.79 Å². The lowest BCUT2D eigenvalue weighted by molar-refractivity contribution is -0.120. The molecule has 0 aromatic heterocycles. The fourth-order valence-electron chi connectivity index (χ4n) is 3.07. The molecule has 1 fully saturated rings. The molecule has 2 rings (SSSR count). The van der Waals surface area contributed by atoms with Crippen molar-refractivity contribution in [1.29, 1.82) is 0 Å². The fraction of sp³-hybridized carbons (Fsp3) is 0.471. The third-order valence-corrected chi connectivity index (χ3v) is 4.34. The Bertz CT molecular complexity index is 610. The lowest BCUT2D eigenvalue weighted by Gasteiger charge is -2.18. The molecule has 2 atom stereocenters. The van der Waals surface area contributed by atoms with Crippen molar-refractivity contribution in [3.63, 3.8) is 0 Å². The second kappa shape index (κ2) is 7.92. The van der Waals surface area contributed by atoms with E-state index < -0.39 is 11.9 Å². The number of amides is 1. The van der Waals surface area contributed by atoms with Crippen molar-refractivity contribution in [3.8, 4) is 0 Å². The highest BCUT2D eigenvalue weighted by Crippen LogP contribution is 2.32. The van der Waals surface area contributed by atoms with E-state index in [2.05, 4.69) is 14.8 Å². The number of carbonyl (C=O) groups excluding carboxylic acids is 3. The monoisotopic (exact) mass is 334 g/mol. The maximum Gasteiger partial charge on any atom is 0.337 e. The van der Waals surface area contributed by atoms with E-state index >= 15 is 0 Å². The number of rotatable bonds is 5. The summed E-state index contributed by atoms with van der Waals surface area (Å²) in [6.45, 7) is 0.466. The molecule has 0 spiro atoms. The van der Waals surface area contributed by atoms with Crippen molar-refractivity contribution >= 4 is 23.5 Å². The van der Waals surface area contributed by atoms with Crippen molar-refractivity contribution in [3.05, 3.63) is 29.3 Å². The summed E-state index contributed by atoms with van der Waals surface area (Å²) >= 11 is 0. The zero-order valence-electron chi connectivity index (χ0n) is 13.8. The van der Waals surface area contributed by atoms with Gasteiger partial charge in [0.2, 0.25) is 5.91 Å². The molecule has 130 valence electrons. The summed E-state index contributed by atoms with van der Waals surface area (Å²) in [6.07, 6.45) is 2.69. The van der Waals surface area contributed by atoms with Crippen LogP contribution in [0.4, 0.5) is 5.69 Å². The highest BCUT2D eigenvalue weighted by molar-refractivity contribution is 6.00. The third kappa shape index (κ3) is 3.91. The molecule has 0 unspecified atom stereocenters. The van der Waals surface area contributed by atoms with E-state index in [9.17, 15) is 14.4 Å². The highest BCUT2D eigenvalue weighted by Gasteiger charge is 2.32. The van der Waals surface area contributed by atoms with Gasteiger partial charge in [-0.2, -0.15) is 0 Å². The highest BCUT2D eigenvalue weighted by atomic mass is 16.5. The summed E-state index contributed by atoms with van der Waals surface area (Å²) in [5.74, 6) is -1.35. The van der Waals surface area contributed by atoms with Crippen molar-refractivity contribution < 1.29 is 23.9 Å². The number of carbonyl (C=O) groups is 3. The van der Waals surface area contributed by atoms with Gasteiger partial charge in [0.05, 0.1) is 25.3 Å². The van der Waals surface area contributed by atoms with Gasteiger partial charge in [-0.15, -0.1) is 0 Å². The second-order valence-electron chi connectivity index (χ2n) is 5.80. The summed E-state index contributed by atoms with van der Waals surface area (Å²) in [5.41, 5.74) is 6.40. The van der Waals surface area contributed by atoms with Crippen LogP contribution in [-0.2, 0) is 14.3 Å². The van der Waals surface area contributed by atoms with Gasteiger partial charge in [0.25, 0.3) is 0 Å². The average molecular weight is 334 g/mol. The smallest absolute Gasteiger partial charge is 0.337 e. The number of nitrogens with two attached hydrogens (primary N) is 1. The van der Waals surface area contributed by atoms with E-state index in [1.165, 1.54) is 32.4 Å². The molecule has 1 aliphatic rings. The molecule has 3 N–H and O–H groups in total. The van der Waals surface area contributed by atoms with Crippen LogP contribution in [0.15, 0.2) is 18.2 Å². The van der Waals surface area contributed by atoms with Gasteiger partial charge in [-0.25, -0.2) is 9.59 Å². The topological polar surface area (TPSA) is 108 Å². The van der Waals surface area contributed by atoms with E-state index in [1.807, 2.05) is 0 Å². The first kappa shape index (κ1) is 17.9. The van der Waals surface area contributed by atoms with Gasteiger partial charge in [0.15, 0.2) is 0 Å². The molecule has 7 nitrogen and oxygen atoms in total. The van der Waals surface area contributed by atoms with Crippen LogP contribution in [0, 0.1) is 11.8 Å². The molecule has 1 aromatic rings. The molecular formula is C17H22N2O5. The number of benzene rings is 1. The first-order valence-corrected chi connectivity index (χ1v) is 7.82. The average Bonchev–Trinajstić information content (AvgIpc) is 3.08. The lowest BCUT2D eigenvalue weighted by Crippen LogP contribution is -2.29. The minimum absolute atomic E-state index is 0.152. The van der Waals surface area contributed by atoms with Crippen LogP contribution < -0.4 is 11.1 Å². The predicted octanol–water partition coefficient (Wildman–Crippen LogP) is 1.57. The number of methoxy groups -OCH3 is 2. The van der Waals surface area contributed by atoms with Crippen LogP contribution in [-0.4, -0.2) is 38.6 Å². The Morgan fingerprint density at radius 2 is 1.67 bits per heavy atom. The third-order valence-electron chi connectivity index (χ3n) is 4.34. The summed E-state index contributed by atoms with van der Waals surface area (Å²) < 4.78 is 9.36. The molecule has 0 bridgehead atoms. The number of nitrogens with one attached hydrogen (secondary N) is 1. The maximum atomic E-state index is 12.5. The van der Waals surface area contributed by atoms with Crippen molar-refractivity contribution in [2.45, 2.75) is 19.3 Å². The molecule has 0 aliphatic heterocycles. The van der Waals surface area contributed by atoms with Crippen LogP contribution in [0.5, 0.6) is 0 Å². The van der Waals surface area contributed by atoms with Crippen LogP contribution in [0.25, 0.3) is 0 Å². The molecule has 1 saturated carbocycles.